The van der Waals surface area contributed by atoms with Crippen molar-refractivity contribution in [3.8, 4) is 5.75 Å². The zero-order chi connectivity index (χ0) is 22.9. The summed E-state index contributed by atoms with van der Waals surface area (Å²) in [6.07, 6.45) is -2.72. The number of alkyl halides is 3. The molecule has 0 aliphatic heterocycles. The third kappa shape index (κ3) is 5.52. The summed E-state index contributed by atoms with van der Waals surface area (Å²) >= 11 is 12.2. The third-order valence-electron chi connectivity index (χ3n) is 3.88. The van der Waals surface area contributed by atoms with Gasteiger partial charge >= 0.3 is 12.1 Å². The minimum Gasteiger partial charge on any atom is -0.478 e. The average Bonchev–Trinajstić information content (AvgIpc) is 2.63. The summed E-state index contributed by atoms with van der Waals surface area (Å²) < 4.78 is 57.2. The summed E-state index contributed by atoms with van der Waals surface area (Å²) in [6.45, 7) is 2.61. The van der Waals surface area contributed by atoms with Crippen molar-refractivity contribution in [1.29, 1.82) is 0 Å². The number of carboxylic acid groups (broad SMARTS) is 1. The molecule has 0 spiro atoms. The number of benzene rings is 2. The monoisotopic (exact) mass is 464 g/mol. The molecule has 0 unspecified atom stereocenters. The second-order valence-corrected chi connectivity index (χ2v) is 7.38. The molecule has 1 N–H and O–H groups in total. The summed E-state index contributed by atoms with van der Waals surface area (Å²) in [5, 5.41) is 8.92. The van der Waals surface area contributed by atoms with Gasteiger partial charge in [-0.1, -0.05) is 23.2 Å². The van der Waals surface area contributed by atoms with Crippen LogP contribution in [0.2, 0.25) is 10.0 Å². The van der Waals surface area contributed by atoms with Gasteiger partial charge in [-0.05, 0) is 61.9 Å². The van der Waals surface area contributed by atoms with E-state index >= 15 is 0 Å². The molecule has 0 bridgehead atoms. The molecular weight excluding hydrogens is 451 g/mol. The highest BCUT2D eigenvalue weighted by atomic mass is 35.5. The Morgan fingerprint density at radius 3 is 2.27 bits per heavy atom. The number of aliphatic carboxylic acids is 1. The van der Waals surface area contributed by atoms with Gasteiger partial charge in [-0.2, -0.15) is 13.2 Å². The number of ether oxygens (including phenoxy) is 1. The fourth-order valence-corrected chi connectivity index (χ4v) is 2.66. The lowest BCUT2D eigenvalue weighted by atomic mass is 10.0. The fourth-order valence-electron chi connectivity index (χ4n) is 2.23. The summed E-state index contributed by atoms with van der Waals surface area (Å²) in [4.78, 5) is 23.4. The highest BCUT2D eigenvalue weighted by molar-refractivity contribution is 6.43. The van der Waals surface area contributed by atoms with Crippen LogP contribution in [0.25, 0.3) is 6.08 Å². The highest BCUT2D eigenvalue weighted by Crippen LogP contribution is 2.37. The van der Waals surface area contributed by atoms with Gasteiger partial charge in [0, 0.05) is 5.56 Å². The van der Waals surface area contributed by atoms with E-state index in [1.807, 2.05) is 0 Å². The van der Waals surface area contributed by atoms with Crippen molar-refractivity contribution in [2.75, 3.05) is 0 Å². The SMILES string of the molecule is CC(C)(Oc1ccc(/C=C/C(=O)c2cc(F)cc(C(F)(F)F)c2)c(Cl)c1Cl)C(=O)O. The number of carbonyl (C=O) groups excluding carboxylic acids is 1. The Morgan fingerprint density at radius 1 is 1.07 bits per heavy atom. The van der Waals surface area contributed by atoms with Crippen LogP contribution in [0.5, 0.6) is 5.75 Å². The fraction of sp³-hybridized carbons (Fsp3) is 0.200. The van der Waals surface area contributed by atoms with E-state index in [2.05, 4.69) is 0 Å². The molecule has 0 saturated carbocycles. The maximum atomic E-state index is 13.5. The van der Waals surface area contributed by atoms with Crippen LogP contribution in [-0.2, 0) is 11.0 Å². The van der Waals surface area contributed by atoms with E-state index in [9.17, 15) is 27.2 Å². The van der Waals surface area contributed by atoms with E-state index in [4.69, 9.17) is 33.0 Å². The molecule has 0 amide bonds. The van der Waals surface area contributed by atoms with Crippen LogP contribution < -0.4 is 4.74 Å². The Bertz CT molecular complexity index is 1030. The first-order valence-electron chi connectivity index (χ1n) is 8.23. The van der Waals surface area contributed by atoms with Gasteiger partial charge in [-0.15, -0.1) is 0 Å². The second-order valence-electron chi connectivity index (χ2n) is 6.62. The molecule has 4 nitrogen and oxygen atoms in total. The Labute approximate surface area is 178 Å². The zero-order valence-corrected chi connectivity index (χ0v) is 17.0. The number of carboxylic acids is 1. The van der Waals surface area contributed by atoms with Gasteiger partial charge in [0.25, 0.3) is 0 Å². The van der Waals surface area contributed by atoms with Crippen molar-refractivity contribution in [3.05, 3.63) is 69.0 Å². The molecule has 0 aliphatic rings. The van der Waals surface area contributed by atoms with Crippen LogP contribution in [-0.4, -0.2) is 22.5 Å². The Hall–Kier alpha value is -2.58. The average molecular weight is 465 g/mol. The molecule has 2 aromatic carbocycles. The number of rotatable bonds is 6. The molecule has 0 saturated heterocycles. The normalized spacial score (nSPS) is 12.3. The first-order valence-corrected chi connectivity index (χ1v) is 8.98. The van der Waals surface area contributed by atoms with Crippen molar-refractivity contribution in [1.82, 2.24) is 0 Å². The van der Waals surface area contributed by atoms with Crippen molar-refractivity contribution in [2.45, 2.75) is 25.6 Å². The number of hydrogen-bond donors (Lipinski definition) is 1. The van der Waals surface area contributed by atoms with Gasteiger partial charge in [-0.3, -0.25) is 4.79 Å². The van der Waals surface area contributed by atoms with Crippen LogP contribution >= 0.6 is 23.2 Å². The van der Waals surface area contributed by atoms with Gasteiger partial charge in [0.05, 0.1) is 10.6 Å². The minimum absolute atomic E-state index is 0.0162. The van der Waals surface area contributed by atoms with Gasteiger partial charge in [0.1, 0.15) is 16.6 Å². The number of halogens is 6. The van der Waals surface area contributed by atoms with Gasteiger partial charge in [0.15, 0.2) is 11.4 Å². The van der Waals surface area contributed by atoms with Gasteiger partial charge in [-0.25, -0.2) is 9.18 Å². The van der Waals surface area contributed by atoms with Crippen molar-refractivity contribution >= 4 is 41.0 Å². The molecule has 0 radical (unpaired) electrons. The number of allylic oxidation sites excluding steroid dienone is 1. The van der Waals surface area contributed by atoms with Crippen LogP contribution in [0.4, 0.5) is 17.6 Å². The zero-order valence-electron chi connectivity index (χ0n) is 15.5. The first kappa shape index (κ1) is 23.7. The molecule has 30 heavy (non-hydrogen) atoms. The number of carbonyl (C=O) groups is 2. The van der Waals surface area contributed by atoms with Crippen molar-refractivity contribution < 1.29 is 37.0 Å². The third-order valence-corrected chi connectivity index (χ3v) is 4.76. The molecule has 0 atom stereocenters. The van der Waals surface area contributed by atoms with Crippen LogP contribution in [0.15, 0.2) is 36.4 Å². The molecular formula is C20H14Cl2F4O4. The Balaban J connectivity index is 2.31. The molecule has 2 aromatic rings. The molecule has 0 aromatic heterocycles. The Kier molecular flexibility index (Phi) is 6.83. The van der Waals surface area contributed by atoms with E-state index in [0.29, 0.717) is 12.1 Å². The van der Waals surface area contributed by atoms with Gasteiger partial charge in [0.2, 0.25) is 0 Å². The Morgan fingerprint density at radius 2 is 1.70 bits per heavy atom. The molecule has 0 heterocycles. The summed E-state index contributed by atoms with van der Waals surface area (Å²) in [5.41, 5.74) is -3.16. The van der Waals surface area contributed by atoms with E-state index in [1.54, 1.807) is 0 Å². The predicted octanol–water partition coefficient (Wildman–Crippen LogP) is 6.29. The van der Waals surface area contributed by atoms with Crippen molar-refractivity contribution in [2.24, 2.45) is 0 Å². The minimum atomic E-state index is -4.81. The van der Waals surface area contributed by atoms with Crippen LogP contribution in [0.1, 0.15) is 35.3 Å². The lowest BCUT2D eigenvalue weighted by Crippen LogP contribution is -2.37. The maximum absolute atomic E-state index is 13.5. The molecule has 10 heteroatoms. The maximum Gasteiger partial charge on any atom is 0.416 e. The second kappa shape index (κ2) is 8.65. The number of hydrogen-bond acceptors (Lipinski definition) is 3. The summed E-state index contributed by atoms with van der Waals surface area (Å²) in [6, 6.07) is 4.20. The molecule has 160 valence electrons. The van der Waals surface area contributed by atoms with E-state index in [1.165, 1.54) is 32.1 Å². The van der Waals surface area contributed by atoms with Crippen LogP contribution in [0, 0.1) is 5.82 Å². The summed E-state index contributed by atoms with van der Waals surface area (Å²) in [7, 11) is 0. The van der Waals surface area contributed by atoms with Crippen LogP contribution in [0.3, 0.4) is 0 Å². The topological polar surface area (TPSA) is 63.6 Å². The number of ketones is 1. The van der Waals surface area contributed by atoms with Crippen molar-refractivity contribution in [3.63, 3.8) is 0 Å². The standard InChI is InChI=1S/C20H14Cl2F4O4/c1-19(2,18(28)29)30-15-6-4-10(16(21)17(15)22)3-5-14(27)11-7-12(20(24,25)26)9-13(23)8-11/h3-9H,1-2H3,(H,28,29)/b5-3+. The largest absolute Gasteiger partial charge is 0.478 e. The quantitative estimate of drug-likeness (QED) is 0.310. The molecule has 0 fully saturated rings. The molecule has 0 aliphatic carbocycles. The predicted molar refractivity (Wildman–Crippen MR) is 104 cm³/mol. The van der Waals surface area contributed by atoms with E-state index in [0.717, 1.165) is 6.08 Å². The first-order chi connectivity index (χ1) is 13.7. The lowest BCUT2D eigenvalue weighted by molar-refractivity contribution is -0.152. The summed E-state index contributed by atoms with van der Waals surface area (Å²) in [5.74, 6) is -3.35. The smallest absolute Gasteiger partial charge is 0.416 e. The van der Waals surface area contributed by atoms with Gasteiger partial charge < -0.3 is 9.84 Å². The van der Waals surface area contributed by atoms with E-state index < -0.39 is 40.5 Å². The van der Waals surface area contributed by atoms with E-state index in [-0.39, 0.29) is 27.4 Å². The molecule has 2 rings (SSSR count). The highest BCUT2D eigenvalue weighted by Gasteiger charge is 2.32. The lowest BCUT2D eigenvalue weighted by Gasteiger charge is -2.22.